The van der Waals surface area contributed by atoms with E-state index < -0.39 is 18.0 Å². The van der Waals surface area contributed by atoms with E-state index >= 15 is 0 Å². The molecule has 2 aromatic rings. The molecule has 1 aromatic heterocycles. The Morgan fingerprint density at radius 1 is 1.06 bits per heavy atom. The third-order valence-electron chi connectivity index (χ3n) is 6.35. The van der Waals surface area contributed by atoms with Gasteiger partial charge in [0, 0.05) is 32.0 Å². The summed E-state index contributed by atoms with van der Waals surface area (Å²) in [5, 5.41) is 13.2. The third-order valence-corrected chi connectivity index (χ3v) is 6.35. The van der Waals surface area contributed by atoms with Crippen LogP contribution in [-0.4, -0.2) is 38.7 Å². The van der Waals surface area contributed by atoms with Crippen molar-refractivity contribution in [1.29, 1.82) is 0 Å². The summed E-state index contributed by atoms with van der Waals surface area (Å²) in [6, 6.07) is 4.87. The largest absolute Gasteiger partial charge is 0.465 e. The van der Waals surface area contributed by atoms with Gasteiger partial charge in [0.2, 0.25) is 11.8 Å². The number of aromatic nitrogens is 2. The first-order chi connectivity index (χ1) is 16.9. The molecule has 9 nitrogen and oxygen atoms in total. The molecule has 1 unspecified atom stereocenters. The predicted octanol–water partition coefficient (Wildman–Crippen LogP) is 3.45. The molecule has 0 aliphatic carbocycles. The van der Waals surface area contributed by atoms with Crippen molar-refractivity contribution in [1.82, 2.24) is 19.8 Å². The average molecular weight is 483 g/mol. The van der Waals surface area contributed by atoms with E-state index in [1.807, 2.05) is 18.2 Å². The van der Waals surface area contributed by atoms with Crippen molar-refractivity contribution in [3.8, 4) is 11.8 Å². The van der Waals surface area contributed by atoms with Crippen LogP contribution in [0.5, 0.6) is 0 Å². The summed E-state index contributed by atoms with van der Waals surface area (Å²) in [7, 11) is 1.68. The number of fused-ring (bicyclic) bond motifs is 1. The summed E-state index contributed by atoms with van der Waals surface area (Å²) < 4.78 is 2.99. The Morgan fingerprint density at radius 2 is 1.74 bits per heavy atom. The molecule has 2 heterocycles. The van der Waals surface area contributed by atoms with E-state index in [0.717, 1.165) is 44.1 Å². The summed E-state index contributed by atoms with van der Waals surface area (Å²) >= 11 is 0. The van der Waals surface area contributed by atoms with Crippen LogP contribution >= 0.6 is 0 Å². The number of nitrogens with zero attached hydrogens (tertiary/aromatic N) is 2. The molecule has 1 aliphatic heterocycles. The van der Waals surface area contributed by atoms with Crippen LogP contribution < -0.4 is 16.3 Å². The van der Waals surface area contributed by atoms with Gasteiger partial charge >= 0.3 is 11.8 Å². The molecule has 0 bridgehead atoms. The molecule has 0 saturated carbocycles. The fourth-order valence-electron chi connectivity index (χ4n) is 4.43. The van der Waals surface area contributed by atoms with Gasteiger partial charge in [0.05, 0.1) is 11.0 Å². The zero-order chi connectivity index (χ0) is 25.2. The molecule has 188 valence electrons. The van der Waals surface area contributed by atoms with E-state index in [0.29, 0.717) is 24.0 Å². The number of unbranched alkanes of at least 4 members (excludes halogenated alkanes) is 8. The number of rotatable bonds is 11. The number of carbonyl (C=O) groups is 3. The average Bonchev–Trinajstić information content (AvgIpc) is 3.06. The van der Waals surface area contributed by atoms with Gasteiger partial charge in [-0.2, -0.15) is 0 Å². The topological polar surface area (TPSA) is 122 Å². The Balaban J connectivity index is 1.44. The molecule has 35 heavy (non-hydrogen) atoms. The van der Waals surface area contributed by atoms with Crippen LogP contribution in [0.2, 0.25) is 0 Å². The van der Waals surface area contributed by atoms with Crippen LogP contribution in [0.4, 0.5) is 4.79 Å². The fraction of sp³-hybridized carbons (Fsp3) is 0.538. The molecule has 3 rings (SSSR count). The first-order valence-corrected chi connectivity index (χ1v) is 12.4. The minimum absolute atomic E-state index is 0.217. The number of imidazole rings is 1. The lowest BCUT2D eigenvalue weighted by Crippen LogP contribution is -2.44. The van der Waals surface area contributed by atoms with Crippen LogP contribution in [-0.2, 0) is 16.6 Å². The van der Waals surface area contributed by atoms with E-state index in [1.54, 1.807) is 7.05 Å². The molecule has 1 atom stereocenters. The van der Waals surface area contributed by atoms with E-state index in [-0.39, 0.29) is 18.0 Å². The molecule has 3 amide bonds. The second kappa shape index (κ2) is 12.8. The van der Waals surface area contributed by atoms with Crippen molar-refractivity contribution in [2.75, 3.05) is 6.54 Å². The quantitative estimate of drug-likeness (QED) is 0.257. The number of carboxylic acid groups (broad SMARTS) is 1. The molecule has 1 aromatic carbocycles. The summed E-state index contributed by atoms with van der Waals surface area (Å²) in [6.07, 6.45) is 9.20. The fourth-order valence-corrected chi connectivity index (χ4v) is 4.43. The SMILES string of the molecule is Cn1c(=O)n(C2CCC(=O)NC2=O)c2ccc(C#CCCCCCCCCCCNC(=O)O)cc21. The Bertz CT molecular complexity index is 1180. The molecular formula is C26H34N4O5. The first-order valence-electron chi connectivity index (χ1n) is 12.4. The number of nitrogens with one attached hydrogen (secondary N) is 2. The highest BCUT2D eigenvalue weighted by Crippen LogP contribution is 2.23. The maximum atomic E-state index is 12.8. The standard InChI is InChI=1S/C26H34N4O5/c1-29-22-18-19(12-10-8-6-4-2-3-5-7-9-11-17-27-25(33)34)13-14-20(22)30(26(29)35)21-15-16-23(31)28-24(21)32/h13-14,18,21,27H,2-9,11,15-17H2,1H3,(H,33,34)(H,28,31,32). The monoisotopic (exact) mass is 482 g/mol. The van der Waals surface area contributed by atoms with Crippen molar-refractivity contribution in [2.45, 2.75) is 76.7 Å². The summed E-state index contributed by atoms with van der Waals surface area (Å²) in [5.74, 6) is 5.65. The number of piperidine rings is 1. The zero-order valence-electron chi connectivity index (χ0n) is 20.3. The number of hydrogen-bond acceptors (Lipinski definition) is 4. The van der Waals surface area contributed by atoms with Gasteiger partial charge < -0.3 is 10.4 Å². The maximum Gasteiger partial charge on any atom is 0.404 e. The highest BCUT2D eigenvalue weighted by molar-refractivity contribution is 6.00. The molecule has 0 radical (unpaired) electrons. The van der Waals surface area contributed by atoms with Crippen LogP contribution in [0.25, 0.3) is 11.0 Å². The van der Waals surface area contributed by atoms with Gasteiger partial charge in [-0.15, -0.1) is 0 Å². The number of aryl methyl sites for hydroxylation is 1. The van der Waals surface area contributed by atoms with Crippen LogP contribution in [0.1, 0.15) is 82.2 Å². The van der Waals surface area contributed by atoms with Gasteiger partial charge in [-0.1, -0.05) is 50.4 Å². The van der Waals surface area contributed by atoms with Gasteiger partial charge in [0.1, 0.15) is 6.04 Å². The highest BCUT2D eigenvalue weighted by Gasteiger charge is 2.31. The molecule has 3 N–H and O–H groups in total. The summed E-state index contributed by atoms with van der Waals surface area (Å²) in [6.45, 7) is 0.531. The van der Waals surface area contributed by atoms with Gasteiger partial charge in [0.25, 0.3) is 0 Å². The van der Waals surface area contributed by atoms with E-state index in [4.69, 9.17) is 5.11 Å². The van der Waals surface area contributed by atoms with E-state index in [1.165, 1.54) is 28.4 Å². The molecular weight excluding hydrogens is 448 g/mol. The van der Waals surface area contributed by atoms with Gasteiger partial charge in [0.15, 0.2) is 0 Å². The van der Waals surface area contributed by atoms with Crippen LogP contribution in [0.3, 0.4) is 0 Å². The summed E-state index contributed by atoms with van der Waals surface area (Å²) in [5.41, 5.74) is 1.92. The minimum Gasteiger partial charge on any atom is -0.465 e. The lowest BCUT2D eigenvalue weighted by atomic mass is 10.1. The van der Waals surface area contributed by atoms with Crippen LogP contribution in [0, 0.1) is 11.8 Å². The van der Waals surface area contributed by atoms with Crippen LogP contribution in [0.15, 0.2) is 23.0 Å². The minimum atomic E-state index is -0.955. The lowest BCUT2D eigenvalue weighted by Gasteiger charge is -2.21. The Morgan fingerprint density at radius 3 is 2.43 bits per heavy atom. The molecule has 1 fully saturated rings. The second-order valence-corrected chi connectivity index (χ2v) is 8.99. The number of amides is 3. The Hall–Kier alpha value is -3.54. The number of carbonyl (C=O) groups excluding carboxylic acids is 2. The number of imide groups is 1. The lowest BCUT2D eigenvalue weighted by molar-refractivity contribution is -0.135. The van der Waals surface area contributed by atoms with E-state index in [9.17, 15) is 19.2 Å². The van der Waals surface area contributed by atoms with Crippen molar-refractivity contribution >= 4 is 28.9 Å². The third kappa shape index (κ3) is 7.22. The normalized spacial score (nSPS) is 15.5. The van der Waals surface area contributed by atoms with Gasteiger partial charge in [-0.25, -0.2) is 9.59 Å². The Kier molecular flexibility index (Phi) is 9.53. The van der Waals surface area contributed by atoms with Gasteiger partial charge in [-0.3, -0.25) is 24.0 Å². The molecule has 9 heteroatoms. The second-order valence-electron chi connectivity index (χ2n) is 8.99. The number of benzene rings is 1. The smallest absolute Gasteiger partial charge is 0.404 e. The predicted molar refractivity (Wildman–Crippen MR) is 133 cm³/mol. The summed E-state index contributed by atoms with van der Waals surface area (Å²) in [4.78, 5) is 46.9. The van der Waals surface area contributed by atoms with Gasteiger partial charge in [-0.05, 0) is 37.5 Å². The van der Waals surface area contributed by atoms with Crippen molar-refractivity contribution < 1.29 is 19.5 Å². The van der Waals surface area contributed by atoms with Crippen molar-refractivity contribution in [3.63, 3.8) is 0 Å². The maximum absolute atomic E-state index is 12.8. The molecule has 1 saturated heterocycles. The first kappa shape index (κ1) is 26.1. The van der Waals surface area contributed by atoms with E-state index in [2.05, 4.69) is 22.5 Å². The van der Waals surface area contributed by atoms with Crippen molar-refractivity contribution in [3.05, 3.63) is 34.2 Å². The molecule has 1 aliphatic rings. The van der Waals surface area contributed by atoms with Crippen molar-refractivity contribution in [2.24, 2.45) is 7.05 Å². The Labute approximate surface area is 204 Å². The number of hydrogen-bond donors (Lipinski definition) is 3. The molecule has 0 spiro atoms. The highest BCUT2D eigenvalue weighted by atomic mass is 16.4. The zero-order valence-corrected chi connectivity index (χ0v) is 20.3.